The molecule has 4 aromatic carbocycles. The molecule has 288 valence electrons. The molecule has 4 bridgehead atoms. The molecule has 56 heavy (non-hydrogen) atoms. The lowest BCUT2D eigenvalue weighted by Crippen LogP contribution is -2.44. The fourth-order valence-corrected chi connectivity index (χ4v) is 14.5. The van der Waals surface area contributed by atoms with Crippen LogP contribution in [0, 0.1) is 29.6 Å². The summed E-state index contributed by atoms with van der Waals surface area (Å²) in [6, 6.07) is 32.1. The Hall–Kier alpha value is -3.84. The molecule has 0 radical (unpaired) electrons. The number of fused-ring (bicyclic) bond motifs is 5. The first-order chi connectivity index (χ1) is 26.7. The zero-order chi connectivity index (χ0) is 38.6. The average Bonchev–Trinajstić information content (AvgIpc) is 3.72. The number of benzene rings is 4. The van der Waals surface area contributed by atoms with E-state index in [9.17, 15) is 0 Å². The lowest BCUT2D eigenvalue weighted by Gasteiger charge is -2.47. The van der Waals surface area contributed by atoms with Gasteiger partial charge in [0.25, 0.3) is 0 Å². The second-order valence-electron chi connectivity index (χ2n) is 22.3. The molecule has 7 atom stereocenters. The van der Waals surface area contributed by atoms with Gasteiger partial charge in [0.1, 0.15) is 0 Å². The smallest absolute Gasteiger partial charge is 0.0543 e. The van der Waals surface area contributed by atoms with E-state index in [0.29, 0.717) is 11.8 Å². The van der Waals surface area contributed by atoms with E-state index in [2.05, 4.69) is 163 Å². The molecule has 0 aromatic heterocycles. The zero-order valence-electron chi connectivity index (χ0n) is 35.4. The van der Waals surface area contributed by atoms with Gasteiger partial charge >= 0.3 is 0 Å². The monoisotopic (exact) mass is 737 g/mol. The first-order valence-corrected chi connectivity index (χ1v) is 22.4. The van der Waals surface area contributed by atoms with Crippen LogP contribution in [0.25, 0.3) is 11.1 Å². The van der Waals surface area contributed by atoms with Gasteiger partial charge in [-0.15, -0.1) is 0 Å². The van der Waals surface area contributed by atoms with E-state index in [4.69, 9.17) is 0 Å². The summed E-state index contributed by atoms with van der Waals surface area (Å²) in [6.45, 7) is 19.8. The van der Waals surface area contributed by atoms with Gasteiger partial charge in [0.05, 0.1) is 5.69 Å². The Bertz CT molecular complexity index is 2250. The van der Waals surface area contributed by atoms with Gasteiger partial charge in [0, 0.05) is 28.3 Å². The van der Waals surface area contributed by atoms with Crippen molar-refractivity contribution >= 4 is 17.1 Å². The molecule has 0 saturated heterocycles. The van der Waals surface area contributed by atoms with E-state index in [1.807, 2.05) is 0 Å². The first kappa shape index (κ1) is 35.3. The van der Waals surface area contributed by atoms with Crippen LogP contribution in [-0.2, 0) is 27.1 Å². The van der Waals surface area contributed by atoms with Gasteiger partial charge in [0.15, 0.2) is 0 Å². The van der Waals surface area contributed by atoms with Crippen LogP contribution in [0.3, 0.4) is 0 Å². The summed E-state index contributed by atoms with van der Waals surface area (Å²) in [4.78, 5) is 2.73. The molecule has 7 unspecified atom stereocenters. The molecular weight excluding hydrogens is 675 g/mol. The summed E-state index contributed by atoms with van der Waals surface area (Å²) in [6.07, 6.45) is 20.6. The fourth-order valence-electron chi connectivity index (χ4n) is 14.5. The third-order valence-electron chi connectivity index (χ3n) is 17.5. The zero-order valence-corrected chi connectivity index (χ0v) is 35.4. The van der Waals surface area contributed by atoms with Crippen LogP contribution in [0.1, 0.15) is 146 Å². The number of nitrogens with zero attached hydrogens (tertiary/aromatic N) is 1. The summed E-state index contributed by atoms with van der Waals surface area (Å²) in [7, 11) is 0. The largest absolute Gasteiger partial charge is 0.310 e. The highest BCUT2D eigenvalue weighted by Gasteiger charge is 2.68. The normalized spacial score (nSPS) is 32.6. The molecule has 1 nitrogen and oxygen atoms in total. The fraction of sp³-hybridized carbons (Fsp3) is 0.491. The van der Waals surface area contributed by atoms with E-state index >= 15 is 0 Å². The van der Waals surface area contributed by atoms with E-state index in [-0.39, 0.29) is 27.1 Å². The molecule has 8 aliphatic carbocycles. The average molecular weight is 738 g/mol. The second kappa shape index (κ2) is 11.6. The maximum Gasteiger partial charge on any atom is 0.0543 e. The van der Waals surface area contributed by atoms with Crippen molar-refractivity contribution in [3.8, 4) is 11.1 Å². The van der Waals surface area contributed by atoms with Crippen molar-refractivity contribution in [2.45, 2.75) is 140 Å². The summed E-state index contributed by atoms with van der Waals surface area (Å²) in [5.41, 5.74) is 16.9. The Labute approximate surface area is 337 Å². The van der Waals surface area contributed by atoms with Crippen molar-refractivity contribution in [3.63, 3.8) is 0 Å². The first-order valence-electron chi connectivity index (χ1n) is 22.4. The Morgan fingerprint density at radius 3 is 1.73 bits per heavy atom. The standard InChI is InChI=1S/C55H63N/c1-51(2)22-24-53(5,6)48-30-38(18-20-44(48)51)56(39-19-21-45-49(31-39)54(7,8)25-23-52(45,3)4)50-33-47-42(32-41(50)35-14-10-9-11-15-35)40-16-12-13-17-43(40)55(47)37-27-34-26-36(29-37)46(55)28-34/h9-21,30-34,36-37,40,43,46H,22-29H2,1-8H3. The van der Waals surface area contributed by atoms with Crippen molar-refractivity contribution in [2.24, 2.45) is 29.6 Å². The third-order valence-corrected chi connectivity index (χ3v) is 17.5. The highest BCUT2D eigenvalue weighted by molar-refractivity contribution is 5.90. The maximum atomic E-state index is 2.79. The summed E-state index contributed by atoms with van der Waals surface area (Å²) in [5, 5.41) is 0. The Morgan fingerprint density at radius 2 is 1.12 bits per heavy atom. The van der Waals surface area contributed by atoms with Gasteiger partial charge in [0.2, 0.25) is 0 Å². The Morgan fingerprint density at radius 1 is 0.536 bits per heavy atom. The van der Waals surface area contributed by atoms with E-state index in [1.165, 1.54) is 102 Å². The lowest BCUT2D eigenvalue weighted by atomic mass is 9.56. The maximum absolute atomic E-state index is 2.79. The highest BCUT2D eigenvalue weighted by Crippen LogP contribution is 2.75. The minimum atomic E-state index is 0.120. The van der Waals surface area contributed by atoms with Crippen LogP contribution in [0.5, 0.6) is 0 Å². The van der Waals surface area contributed by atoms with Crippen LogP contribution < -0.4 is 4.90 Å². The van der Waals surface area contributed by atoms with Crippen molar-refractivity contribution in [3.05, 3.63) is 137 Å². The molecule has 0 N–H and O–H groups in total. The lowest BCUT2D eigenvalue weighted by molar-refractivity contribution is 0.114. The number of anilines is 3. The van der Waals surface area contributed by atoms with Gasteiger partial charge in [-0.25, -0.2) is 0 Å². The predicted molar refractivity (Wildman–Crippen MR) is 236 cm³/mol. The minimum Gasteiger partial charge on any atom is -0.310 e. The molecule has 1 heteroatoms. The van der Waals surface area contributed by atoms with Gasteiger partial charge in [-0.3, -0.25) is 0 Å². The number of allylic oxidation sites excluding steroid dienone is 4. The molecule has 0 amide bonds. The number of hydrogen-bond donors (Lipinski definition) is 0. The molecular formula is C55H63N. The molecule has 12 rings (SSSR count). The van der Waals surface area contributed by atoms with E-state index in [0.717, 1.165) is 23.7 Å². The topological polar surface area (TPSA) is 3.24 Å². The molecule has 1 spiro atoms. The van der Waals surface area contributed by atoms with E-state index < -0.39 is 0 Å². The molecule has 0 aliphatic heterocycles. The van der Waals surface area contributed by atoms with Crippen LogP contribution >= 0.6 is 0 Å². The van der Waals surface area contributed by atoms with Crippen molar-refractivity contribution in [2.75, 3.05) is 4.90 Å². The Kier molecular flexibility index (Phi) is 7.34. The molecule has 4 fully saturated rings. The number of rotatable bonds is 4. The van der Waals surface area contributed by atoms with Gasteiger partial charge in [-0.2, -0.15) is 0 Å². The molecule has 8 aliphatic rings. The van der Waals surface area contributed by atoms with Crippen LogP contribution in [-0.4, -0.2) is 0 Å². The second-order valence-corrected chi connectivity index (χ2v) is 22.3. The van der Waals surface area contributed by atoms with Gasteiger partial charge in [-0.1, -0.05) is 122 Å². The SMILES string of the molecule is CC1(C)CCC(C)(C)c2cc(N(c3ccc4c(c3)C(C)(C)CCC4(C)C)c3cc4c(cc3-c3ccccc3)C3C=CC=CC3C43C4CC5CC(C4)C3C5)ccc21. The number of hydrogen-bond acceptors (Lipinski definition) is 1. The third kappa shape index (κ3) is 4.79. The minimum absolute atomic E-state index is 0.120. The quantitative estimate of drug-likeness (QED) is 0.202. The van der Waals surface area contributed by atoms with Crippen molar-refractivity contribution in [1.29, 1.82) is 0 Å². The summed E-state index contributed by atoms with van der Waals surface area (Å²) < 4.78 is 0. The summed E-state index contributed by atoms with van der Waals surface area (Å²) in [5.74, 6) is 4.46. The molecule has 4 aromatic rings. The summed E-state index contributed by atoms with van der Waals surface area (Å²) >= 11 is 0. The van der Waals surface area contributed by atoms with Crippen molar-refractivity contribution in [1.82, 2.24) is 0 Å². The van der Waals surface area contributed by atoms with Crippen LogP contribution in [0.15, 0.2) is 103 Å². The molecule has 0 heterocycles. The van der Waals surface area contributed by atoms with E-state index in [1.54, 1.807) is 11.1 Å². The van der Waals surface area contributed by atoms with Crippen molar-refractivity contribution < 1.29 is 0 Å². The van der Waals surface area contributed by atoms with Crippen LogP contribution in [0.4, 0.5) is 17.1 Å². The van der Waals surface area contributed by atoms with Gasteiger partial charge < -0.3 is 4.90 Å². The Balaban J connectivity index is 1.21. The molecule has 4 saturated carbocycles. The highest BCUT2D eigenvalue weighted by atomic mass is 15.1. The van der Waals surface area contributed by atoms with Crippen LogP contribution in [0.2, 0.25) is 0 Å². The predicted octanol–water partition coefficient (Wildman–Crippen LogP) is 14.7. The van der Waals surface area contributed by atoms with Gasteiger partial charge in [-0.05, 0) is 178 Å².